The molecule has 2 aromatic rings. The predicted octanol–water partition coefficient (Wildman–Crippen LogP) is 4.80. The van der Waals surface area contributed by atoms with Crippen LogP contribution in [0.15, 0.2) is 48.5 Å². The summed E-state index contributed by atoms with van der Waals surface area (Å²) in [6.07, 6.45) is 1.52. The maximum atomic E-state index is 13.3. The number of rotatable bonds is 4. The molecule has 1 N–H and O–H groups in total. The van der Waals surface area contributed by atoms with Crippen molar-refractivity contribution in [2.45, 2.75) is 56.8 Å². The summed E-state index contributed by atoms with van der Waals surface area (Å²) in [5.41, 5.74) is 3.91. The van der Waals surface area contributed by atoms with E-state index in [4.69, 9.17) is 0 Å². The number of hydrogen-bond donors (Lipinski definition) is 1. The molecule has 1 heterocycles. The Morgan fingerprint density at radius 3 is 2.48 bits per heavy atom. The average Bonchev–Trinajstić information content (AvgIpc) is 2.77. The molecule has 2 unspecified atom stereocenters. The first-order valence-corrected chi connectivity index (χ1v) is 11.1. The predicted molar refractivity (Wildman–Crippen MR) is 122 cm³/mol. The molecule has 3 rings (SSSR count). The van der Waals surface area contributed by atoms with Crippen LogP contribution < -0.4 is 10.2 Å². The Bertz CT molecular complexity index is 889. The second-order valence-corrected chi connectivity index (χ2v) is 9.74. The molecule has 29 heavy (non-hydrogen) atoms. The lowest BCUT2D eigenvalue weighted by Gasteiger charge is -2.27. The molecule has 0 saturated carbocycles. The van der Waals surface area contributed by atoms with Gasteiger partial charge in [-0.25, -0.2) is 0 Å². The summed E-state index contributed by atoms with van der Waals surface area (Å²) in [6.45, 7) is 7.93. The summed E-state index contributed by atoms with van der Waals surface area (Å²) in [6, 6.07) is 16.6. The fourth-order valence-electron chi connectivity index (χ4n) is 3.83. The smallest absolute Gasteiger partial charge is 0.241 e. The first-order valence-electron chi connectivity index (χ1n) is 10.1. The molecule has 5 heteroatoms. The van der Waals surface area contributed by atoms with Crippen molar-refractivity contribution in [3.63, 3.8) is 0 Å². The fourth-order valence-corrected chi connectivity index (χ4v) is 4.45. The standard InChI is InChI=1S/C24H29BrN2O2/c1-5-16-11-12-18-19(17-9-7-6-8-10-17)14-20(25)23(29)27(21(18)13-16)15-22(28)26-24(2,3)4/h6-13,19-20H,5,14-15H2,1-4H3,(H,26,28). The zero-order valence-electron chi connectivity index (χ0n) is 17.5. The van der Waals surface area contributed by atoms with Crippen LogP contribution >= 0.6 is 15.9 Å². The van der Waals surface area contributed by atoms with E-state index in [0.29, 0.717) is 6.42 Å². The quantitative estimate of drug-likeness (QED) is 0.671. The van der Waals surface area contributed by atoms with Gasteiger partial charge in [0.1, 0.15) is 6.54 Å². The lowest BCUT2D eigenvalue weighted by atomic mass is 9.86. The molecule has 1 aliphatic heterocycles. The summed E-state index contributed by atoms with van der Waals surface area (Å²) in [5, 5.41) is 2.98. The van der Waals surface area contributed by atoms with E-state index in [0.717, 1.165) is 23.2 Å². The molecule has 0 radical (unpaired) electrons. The van der Waals surface area contributed by atoms with Gasteiger partial charge in [-0.3, -0.25) is 9.59 Å². The molecule has 2 atom stereocenters. The number of anilines is 1. The zero-order valence-corrected chi connectivity index (χ0v) is 19.1. The Hall–Kier alpha value is -2.14. The number of nitrogens with one attached hydrogen (secondary N) is 1. The van der Waals surface area contributed by atoms with Crippen LogP contribution in [0.5, 0.6) is 0 Å². The molecule has 4 nitrogen and oxygen atoms in total. The number of halogens is 1. The number of carbonyl (C=O) groups is 2. The molecule has 154 valence electrons. The third-order valence-corrected chi connectivity index (χ3v) is 5.93. The van der Waals surface area contributed by atoms with Gasteiger partial charge in [0.15, 0.2) is 0 Å². The minimum absolute atomic E-state index is 0.0138. The highest BCUT2D eigenvalue weighted by Crippen LogP contribution is 2.41. The van der Waals surface area contributed by atoms with Crippen molar-refractivity contribution >= 4 is 33.4 Å². The molecule has 0 aliphatic carbocycles. The highest BCUT2D eigenvalue weighted by atomic mass is 79.9. The van der Waals surface area contributed by atoms with Crippen LogP contribution in [0.2, 0.25) is 0 Å². The van der Waals surface area contributed by atoms with Crippen LogP contribution in [0.4, 0.5) is 5.69 Å². The van der Waals surface area contributed by atoms with Gasteiger partial charge < -0.3 is 10.2 Å². The number of hydrogen-bond acceptors (Lipinski definition) is 2. The van der Waals surface area contributed by atoms with Gasteiger partial charge in [-0.1, -0.05) is 65.3 Å². The number of amides is 2. The number of carbonyl (C=O) groups excluding carboxylic acids is 2. The largest absolute Gasteiger partial charge is 0.350 e. The lowest BCUT2D eigenvalue weighted by Crippen LogP contribution is -2.48. The van der Waals surface area contributed by atoms with Crippen molar-refractivity contribution in [3.05, 3.63) is 65.2 Å². The topological polar surface area (TPSA) is 49.4 Å². The van der Waals surface area contributed by atoms with Crippen molar-refractivity contribution in [2.24, 2.45) is 0 Å². The van der Waals surface area contributed by atoms with E-state index in [-0.39, 0.29) is 34.6 Å². The molecule has 2 amide bonds. The number of aryl methyl sites for hydroxylation is 1. The Morgan fingerprint density at radius 2 is 1.86 bits per heavy atom. The van der Waals surface area contributed by atoms with Gasteiger partial charge in [0.25, 0.3) is 0 Å². The molecule has 0 fully saturated rings. The second-order valence-electron chi connectivity index (χ2n) is 8.64. The molecule has 0 spiro atoms. The van der Waals surface area contributed by atoms with Crippen LogP contribution in [0.3, 0.4) is 0 Å². The van der Waals surface area contributed by atoms with Gasteiger partial charge in [-0.2, -0.15) is 0 Å². The minimum Gasteiger partial charge on any atom is -0.350 e. The summed E-state index contributed by atoms with van der Waals surface area (Å²) in [7, 11) is 0. The SMILES string of the molecule is CCc1ccc2c(c1)N(CC(=O)NC(C)(C)C)C(=O)C(Br)CC2c1ccccc1. The first kappa shape index (κ1) is 21.6. The fraction of sp³-hybridized carbons (Fsp3) is 0.417. The maximum absolute atomic E-state index is 13.3. The molecule has 1 aliphatic rings. The monoisotopic (exact) mass is 456 g/mol. The molecule has 2 aromatic carbocycles. The normalized spacial score (nSPS) is 19.5. The second kappa shape index (κ2) is 8.70. The van der Waals surface area contributed by atoms with Gasteiger partial charge in [0.2, 0.25) is 11.8 Å². The van der Waals surface area contributed by atoms with Crippen molar-refractivity contribution < 1.29 is 9.59 Å². The van der Waals surface area contributed by atoms with Gasteiger partial charge in [-0.05, 0) is 56.4 Å². The molecule has 0 bridgehead atoms. The van der Waals surface area contributed by atoms with Crippen molar-refractivity contribution in [2.75, 3.05) is 11.4 Å². The molecule has 0 aromatic heterocycles. The van der Waals surface area contributed by atoms with Gasteiger partial charge in [0.05, 0.1) is 4.83 Å². The Balaban J connectivity index is 2.07. The maximum Gasteiger partial charge on any atom is 0.241 e. The lowest BCUT2D eigenvalue weighted by molar-refractivity contribution is -0.124. The van der Waals surface area contributed by atoms with Crippen LogP contribution in [-0.4, -0.2) is 28.7 Å². The van der Waals surface area contributed by atoms with Crippen molar-refractivity contribution in [1.29, 1.82) is 0 Å². The summed E-state index contributed by atoms with van der Waals surface area (Å²) in [5.74, 6) is -0.139. The number of nitrogens with zero attached hydrogens (tertiary/aromatic N) is 1. The van der Waals surface area contributed by atoms with E-state index in [2.05, 4.69) is 58.5 Å². The molecule has 0 saturated heterocycles. The number of fused-ring (bicyclic) bond motifs is 1. The third-order valence-electron chi connectivity index (χ3n) is 5.16. The number of alkyl halides is 1. The summed E-state index contributed by atoms with van der Waals surface area (Å²) in [4.78, 5) is 27.3. The average molecular weight is 457 g/mol. The van der Waals surface area contributed by atoms with E-state index in [9.17, 15) is 9.59 Å². The van der Waals surface area contributed by atoms with E-state index in [1.165, 1.54) is 5.56 Å². The molecular formula is C24H29BrN2O2. The first-order chi connectivity index (χ1) is 13.7. The highest BCUT2D eigenvalue weighted by molar-refractivity contribution is 9.10. The Labute approximate surface area is 181 Å². The number of benzene rings is 2. The van der Waals surface area contributed by atoms with Crippen LogP contribution in [-0.2, 0) is 16.0 Å². The van der Waals surface area contributed by atoms with E-state index in [1.54, 1.807) is 4.90 Å². The summed E-state index contributed by atoms with van der Waals surface area (Å²) >= 11 is 3.60. The van der Waals surface area contributed by atoms with Gasteiger partial charge in [0, 0.05) is 17.1 Å². The Kier molecular flexibility index (Phi) is 6.47. The van der Waals surface area contributed by atoms with Crippen LogP contribution in [0.1, 0.15) is 56.7 Å². The van der Waals surface area contributed by atoms with Gasteiger partial charge in [-0.15, -0.1) is 0 Å². The van der Waals surface area contributed by atoms with Crippen LogP contribution in [0.25, 0.3) is 0 Å². The van der Waals surface area contributed by atoms with Crippen molar-refractivity contribution in [1.82, 2.24) is 5.32 Å². The minimum atomic E-state index is -0.354. The van der Waals surface area contributed by atoms with Crippen molar-refractivity contribution in [3.8, 4) is 0 Å². The Morgan fingerprint density at radius 1 is 1.17 bits per heavy atom. The highest BCUT2D eigenvalue weighted by Gasteiger charge is 2.35. The van der Waals surface area contributed by atoms with Crippen LogP contribution in [0, 0.1) is 0 Å². The third kappa shape index (κ3) is 5.08. The molecular weight excluding hydrogens is 428 g/mol. The van der Waals surface area contributed by atoms with E-state index < -0.39 is 0 Å². The van der Waals surface area contributed by atoms with E-state index >= 15 is 0 Å². The van der Waals surface area contributed by atoms with Gasteiger partial charge >= 0.3 is 0 Å². The van der Waals surface area contributed by atoms with E-state index in [1.807, 2.05) is 39.0 Å². The summed E-state index contributed by atoms with van der Waals surface area (Å²) < 4.78 is 0. The zero-order chi connectivity index (χ0) is 21.2.